The predicted molar refractivity (Wildman–Crippen MR) is 105 cm³/mol. The maximum Gasteiger partial charge on any atom is 0.253 e. The second-order valence-corrected chi connectivity index (χ2v) is 9.58. The zero-order valence-corrected chi connectivity index (χ0v) is 16.1. The minimum Gasteiger partial charge on any atom is -0.339 e. The molecule has 27 heavy (non-hydrogen) atoms. The third-order valence-electron chi connectivity index (χ3n) is 7.55. The number of likely N-dealkylation sites (tertiary alicyclic amines) is 1. The van der Waals surface area contributed by atoms with Gasteiger partial charge in [-0.05, 0) is 99.8 Å². The van der Waals surface area contributed by atoms with Crippen molar-refractivity contribution in [3.63, 3.8) is 0 Å². The Morgan fingerprint density at radius 1 is 0.852 bits per heavy atom. The van der Waals surface area contributed by atoms with Crippen LogP contribution in [0.25, 0.3) is 0 Å². The summed E-state index contributed by atoms with van der Waals surface area (Å²) in [5.74, 6) is 2.65. The summed E-state index contributed by atoms with van der Waals surface area (Å²) >= 11 is 0. The van der Waals surface area contributed by atoms with Crippen LogP contribution in [-0.4, -0.2) is 29.8 Å². The van der Waals surface area contributed by atoms with Crippen molar-refractivity contribution in [1.29, 1.82) is 0 Å². The lowest BCUT2D eigenvalue weighted by Gasteiger charge is -2.55. The van der Waals surface area contributed by atoms with E-state index in [1.807, 2.05) is 29.2 Å². The van der Waals surface area contributed by atoms with Crippen LogP contribution in [0.4, 0.5) is 5.69 Å². The van der Waals surface area contributed by atoms with Crippen LogP contribution >= 0.6 is 0 Å². The van der Waals surface area contributed by atoms with Crippen molar-refractivity contribution in [2.45, 2.75) is 57.8 Å². The van der Waals surface area contributed by atoms with Gasteiger partial charge in [-0.15, -0.1) is 0 Å². The molecule has 5 aliphatic rings. The molecule has 5 fully saturated rings. The first-order valence-electron chi connectivity index (χ1n) is 10.8. The standard InChI is InChI=1S/C23H30N2O2/c26-21(25-8-2-1-3-9-25)19-4-6-20(7-5-19)24-22(27)23-13-16-10-17(14-23)12-18(11-16)15-23/h4-7,16-18H,1-3,8-15H2,(H,24,27). The fourth-order valence-electron chi connectivity index (χ4n) is 6.63. The summed E-state index contributed by atoms with van der Waals surface area (Å²) in [6, 6.07) is 7.53. The summed E-state index contributed by atoms with van der Waals surface area (Å²) in [6.07, 6.45) is 10.7. The number of hydrogen-bond donors (Lipinski definition) is 1. The molecule has 0 aromatic heterocycles. The van der Waals surface area contributed by atoms with Gasteiger partial charge in [0.15, 0.2) is 0 Å². The molecular formula is C23H30N2O2. The first-order valence-corrected chi connectivity index (χ1v) is 10.8. The van der Waals surface area contributed by atoms with Gasteiger partial charge in [-0.25, -0.2) is 0 Å². The summed E-state index contributed by atoms with van der Waals surface area (Å²) < 4.78 is 0. The Kier molecular flexibility index (Phi) is 4.25. The molecule has 0 unspecified atom stereocenters. The number of nitrogens with zero attached hydrogens (tertiary/aromatic N) is 1. The van der Waals surface area contributed by atoms with Crippen molar-refractivity contribution >= 4 is 17.5 Å². The summed E-state index contributed by atoms with van der Waals surface area (Å²) in [5, 5.41) is 3.18. The molecule has 0 spiro atoms. The second kappa shape index (κ2) is 6.65. The topological polar surface area (TPSA) is 49.4 Å². The maximum atomic E-state index is 13.1. The first kappa shape index (κ1) is 17.3. The number of hydrogen-bond acceptors (Lipinski definition) is 2. The fourth-order valence-corrected chi connectivity index (χ4v) is 6.63. The molecule has 4 bridgehead atoms. The van der Waals surface area contributed by atoms with Crippen LogP contribution in [-0.2, 0) is 4.79 Å². The number of amides is 2. The Labute approximate surface area is 161 Å². The highest BCUT2D eigenvalue weighted by atomic mass is 16.2. The molecule has 1 heterocycles. The smallest absolute Gasteiger partial charge is 0.253 e. The highest BCUT2D eigenvalue weighted by Crippen LogP contribution is 2.60. The van der Waals surface area contributed by atoms with E-state index in [1.165, 1.54) is 25.7 Å². The van der Waals surface area contributed by atoms with Crippen LogP contribution in [0, 0.1) is 23.2 Å². The van der Waals surface area contributed by atoms with Crippen LogP contribution in [0.3, 0.4) is 0 Å². The Morgan fingerprint density at radius 3 is 1.96 bits per heavy atom. The molecule has 0 atom stereocenters. The van der Waals surface area contributed by atoms with Gasteiger partial charge < -0.3 is 10.2 Å². The third kappa shape index (κ3) is 3.17. The van der Waals surface area contributed by atoms with E-state index in [0.717, 1.165) is 74.2 Å². The molecule has 0 radical (unpaired) electrons. The van der Waals surface area contributed by atoms with Crippen molar-refractivity contribution in [3.8, 4) is 0 Å². The van der Waals surface area contributed by atoms with Gasteiger partial charge in [0.1, 0.15) is 0 Å². The van der Waals surface area contributed by atoms with Crippen molar-refractivity contribution in [1.82, 2.24) is 4.90 Å². The maximum absolute atomic E-state index is 13.1. The Bertz CT molecular complexity index is 698. The quantitative estimate of drug-likeness (QED) is 0.858. The first-order chi connectivity index (χ1) is 13.1. The highest BCUT2D eigenvalue weighted by molar-refractivity contribution is 5.97. The van der Waals surface area contributed by atoms with Gasteiger partial charge in [-0.3, -0.25) is 9.59 Å². The molecule has 6 rings (SSSR count). The monoisotopic (exact) mass is 366 g/mol. The number of benzene rings is 1. The van der Waals surface area contributed by atoms with Gasteiger partial charge in [0.2, 0.25) is 5.91 Å². The van der Waals surface area contributed by atoms with Crippen LogP contribution in [0.5, 0.6) is 0 Å². The fraction of sp³-hybridized carbons (Fsp3) is 0.652. The van der Waals surface area contributed by atoms with E-state index in [0.29, 0.717) is 0 Å². The third-order valence-corrected chi connectivity index (χ3v) is 7.55. The summed E-state index contributed by atoms with van der Waals surface area (Å²) in [7, 11) is 0. The van der Waals surface area contributed by atoms with Gasteiger partial charge >= 0.3 is 0 Å². The summed E-state index contributed by atoms with van der Waals surface area (Å²) in [6.45, 7) is 1.73. The number of carbonyl (C=O) groups excluding carboxylic acids is 2. The lowest BCUT2D eigenvalue weighted by atomic mass is 9.49. The number of rotatable bonds is 3. The minimum atomic E-state index is -0.128. The second-order valence-electron chi connectivity index (χ2n) is 9.58. The van der Waals surface area contributed by atoms with Crippen molar-refractivity contribution in [2.75, 3.05) is 18.4 Å². The molecule has 4 heteroatoms. The normalized spacial score (nSPS) is 34.5. The Hall–Kier alpha value is -1.84. The minimum absolute atomic E-state index is 0.119. The van der Waals surface area contributed by atoms with Crippen LogP contribution < -0.4 is 5.32 Å². The van der Waals surface area contributed by atoms with Crippen molar-refractivity contribution < 1.29 is 9.59 Å². The molecule has 4 nitrogen and oxygen atoms in total. The summed E-state index contributed by atoms with van der Waals surface area (Å²) in [4.78, 5) is 27.7. The van der Waals surface area contributed by atoms with E-state index in [-0.39, 0.29) is 17.2 Å². The van der Waals surface area contributed by atoms with Gasteiger partial charge in [0.25, 0.3) is 5.91 Å². The van der Waals surface area contributed by atoms with Gasteiger partial charge in [0.05, 0.1) is 5.41 Å². The number of nitrogens with one attached hydrogen (secondary N) is 1. The average molecular weight is 367 g/mol. The lowest BCUT2D eigenvalue weighted by molar-refractivity contribution is -0.140. The van der Waals surface area contributed by atoms with E-state index in [2.05, 4.69) is 5.32 Å². The van der Waals surface area contributed by atoms with Crippen LogP contribution in [0.15, 0.2) is 24.3 Å². The Morgan fingerprint density at radius 2 is 1.41 bits per heavy atom. The molecule has 144 valence electrons. The molecule has 1 N–H and O–H groups in total. The average Bonchev–Trinajstić information content (AvgIpc) is 2.68. The molecule has 1 aromatic carbocycles. The van der Waals surface area contributed by atoms with Crippen molar-refractivity contribution in [3.05, 3.63) is 29.8 Å². The lowest BCUT2D eigenvalue weighted by Crippen LogP contribution is -2.51. The molecule has 2 amide bonds. The molecule has 1 saturated heterocycles. The van der Waals surface area contributed by atoms with E-state index in [9.17, 15) is 9.59 Å². The van der Waals surface area contributed by atoms with E-state index in [1.54, 1.807) is 0 Å². The van der Waals surface area contributed by atoms with Gasteiger partial charge in [-0.1, -0.05) is 0 Å². The number of carbonyl (C=O) groups is 2. The highest BCUT2D eigenvalue weighted by Gasteiger charge is 2.54. The molecule has 1 aromatic rings. The SMILES string of the molecule is O=C(c1ccc(NC(=O)C23CC4CC(CC(C4)C2)C3)cc1)N1CCCCC1. The van der Waals surface area contributed by atoms with E-state index in [4.69, 9.17) is 0 Å². The molecular weight excluding hydrogens is 336 g/mol. The predicted octanol–water partition coefficient (Wildman–Crippen LogP) is 4.47. The van der Waals surface area contributed by atoms with E-state index < -0.39 is 0 Å². The van der Waals surface area contributed by atoms with Gasteiger partial charge in [-0.2, -0.15) is 0 Å². The van der Waals surface area contributed by atoms with E-state index >= 15 is 0 Å². The Balaban J connectivity index is 1.26. The van der Waals surface area contributed by atoms with Gasteiger partial charge in [0, 0.05) is 24.3 Å². The van der Waals surface area contributed by atoms with Crippen LogP contribution in [0.2, 0.25) is 0 Å². The zero-order chi connectivity index (χ0) is 18.4. The molecule has 1 aliphatic heterocycles. The largest absolute Gasteiger partial charge is 0.339 e. The number of anilines is 1. The molecule has 4 saturated carbocycles. The zero-order valence-electron chi connectivity index (χ0n) is 16.1. The number of piperidine rings is 1. The summed E-state index contributed by atoms with van der Waals surface area (Å²) in [5.41, 5.74) is 1.42. The van der Waals surface area contributed by atoms with Crippen molar-refractivity contribution in [2.24, 2.45) is 23.2 Å². The van der Waals surface area contributed by atoms with Crippen LogP contribution in [0.1, 0.15) is 68.1 Å². The molecule has 4 aliphatic carbocycles.